The van der Waals surface area contributed by atoms with Gasteiger partial charge in [0.2, 0.25) is 5.88 Å². The van der Waals surface area contributed by atoms with Gasteiger partial charge >= 0.3 is 5.97 Å². The Morgan fingerprint density at radius 2 is 2.07 bits per heavy atom. The molecule has 0 unspecified atom stereocenters. The minimum Gasteiger partial charge on any atom is -0.479 e. The van der Waals surface area contributed by atoms with Crippen LogP contribution in [0.15, 0.2) is 24.5 Å². The highest BCUT2D eigenvalue weighted by Crippen LogP contribution is 2.34. The fourth-order valence-corrected chi connectivity index (χ4v) is 3.88. The molecule has 0 radical (unpaired) electrons. The molecule has 2 aromatic rings. The summed E-state index contributed by atoms with van der Waals surface area (Å²) >= 11 is 0. The van der Waals surface area contributed by atoms with E-state index in [4.69, 9.17) is 9.47 Å². The molecule has 6 nitrogen and oxygen atoms in total. The lowest BCUT2D eigenvalue weighted by atomic mass is 9.87. The molecule has 0 bridgehead atoms. The van der Waals surface area contributed by atoms with Crippen LogP contribution < -0.4 is 9.64 Å². The number of piperidine rings is 1. The highest BCUT2D eigenvalue weighted by atomic mass is 16.6. The van der Waals surface area contributed by atoms with Gasteiger partial charge in [0.1, 0.15) is 11.1 Å². The number of pyridine rings is 2. The first kappa shape index (κ1) is 19.4. The molecule has 0 N–H and O–H groups in total. The van der Waals surface area contributed by atoms with Gasteiger partial charge in [0, 0.05) is 24.7 Å². The lowest BCUT2D eigenvalue weighted by Crippen LogP contribution is -2.41. The first-order valence-corrected chi connectivity index (χ1v) is 9.51. The van der Waals surface area contributed by atoms with Crippen LogP contribution in [0.25, 0.3) is 10.9 Å². The maximum atomic E-state index is 12.3. The molecule has 2 aromatic heterocycles. The summed E-state index contributed by atoms with van der Waals surface area (Å²) in [6.07, 6.45) is 5.07. The van der Waals surface area contributed by atoms with E-state index in [-0.39, 0.29) is 11.9 Å². The first-order chi connectivity index (χ1) is 12.8. The number of hydrogen-bond donors (Lipinski definition) is 0. The number of nitrogens with zero attached hydrogens (tertiary/aromatic N) is 3. The predicted molar refractivity (Wildman–Crippen MR) is 106 cm³/mol. The van der Waals surface area contributed by atoms with Crippen LogP contribution in [0.4, 0.5) is 5.69 Å². The molecule has 27 heavy (non-hydrogen) atoms. The van der Waals surface area contributed by atoms with Crippen LogP contribution in [-0.4, -0.2) is 41.7 Å². The van der Waals surface area contributed by atoms with Crippen LogP contribution in [0, 0.1) is 11.8 Å². The molecule has 0 spiro atoms. The molecule has 0 amide bonds. The molecule has 2 atom stereocenters. The maximum absolute atomic E-state index is 12.3. The average molecular weight is 371 g/mol. The molecule has 1 aliphatic heterocycles. The molecule has 1 aliphatic rings. The van der Waals surface area contributed by atoms with E-state index in [0.717, 1.165) is 36.1 Å². The van der Waals surface area contributed by atoms with Crippen molar-refractivity contribution in [1.82, 2.24) is 9.97 Å². The molecule has 1 saturated heterocycles. The van der Waals surface area contributed by atoms with Crippen LogP contribution in [0.2, 0.25) is 0 Å². The van der Waals surface area contributed by atoms with Crippen molar-refractivity contribution in [3.8, 4) is 5.88 Å². The van der Waals surface area contributed by atoms with Crippen LogP contribution in [0.3, 0.4) is 0 Å². The summed E-state index contributed by atoms with van der Waals surface area (Å²) in [5.74, 6) is 1.16. The van der Waals surface area contributed by atoms with Gasteiger partial charge in [0.15, 0.2) is 0 Å². The fourth-order valence-electron chi connectivity index (χ4n) is 3.88. The van der Waals surface area contributed by atoms with E-state index in [9.17, 15) is 4.79 Å². The lowest BCUT2D eigenvalue weighted by Gasteiger charge is -2.38. The normalized spacial score (nSPS) is 20.6. The van der Waals surface area contributed by atoms with Gasteiger partial charge in [-0.3, -0.25) is 9.78 Å². The van der Waals surface area contributed by atoms with Crippen LogP contribution in [0.1, 0.15) is 40.5 Å². The number of aromatic nitrogens is 2. The highest BCUT2D eigenvalue weighted by molar-refractivity contribution is 5.94. The number of esters is 1. The van der Waals surface area contributed by atoms with Gasteiger partial charge in [-0.1, -0.05) is 6.92 Å². The van der Waals surface area contributed by atoms with E-state index in [1.165, 1.54) is 0 Å². The highest BCUT2D eigenvalue weighted by Gasteiger charge is 2.29. The summed E-state index contributed by atoms with van der Waals surface area (Å²) in [6.45, 7) is 9.69. The second kappa shape index (κ2) is 7.71. The third-order valence-electron chi connectivity index (χ3n) is 4.75. The van der Waals surface area contributed by atoms with Crippen molar-refractivity contribution in [1.29, 1.82) is 0 Å². The third kappa shape index (κ3) is 4.67. The molecule has 0 saturated carbocycles. The Bertz CT molecular complexity index is 816. The largest absolute Gasteiger partial charge is 0.479 e. The Balaban J connectivity index is 1.83. The average Bonchev–Trinajstić information content (AvgIpc) is 2.58. The fraction of sp³-hybridized carbons (Fsp3) is 0.571. The van der Waals surface area contributed by atoms with Crippen molar-refractivity contribution < 1.29 is 14.3 Å². The number of anilines is 1. The molecule has 1 fully saturated rings. The SMILES string of the molecule is COc1ncc(N2C[C@@H](C)C[C@@H](CC(=O)OC(C)(C)C)C2)c2cccnc12. The van der Waals surface area contributed by atoms with Gasteiger partial charge in [-0.25, -0.2) is 4.98 Å². The predicted octanol–water partition coefficient (Wildman–Crippen LogP) is 3.83. The number of carbonyl (C=O) groups is 1. The van der Waals surface area contributed by atoms with Crippen molar-refractivity contribution in [2.45, 2.75) is 46.1 Å². The summed E-state index contributed by atoms with van der Waals surface area (Å²) in [7, 11) is 1.61. The topological polar surface area (TPSA) is 64.5 Å². The first-order valence-electron chi connectivity index (χ1n) is 9.51. The zero-order valence-corrected chi connectivity index (χ0v) is 16.9. The molecule has 0 aromatic carbocycles. The van der Waals surface area contributed by atoms with E-state index < -0.39 is 5.60 Å². The summed E-state index contributed by atoms with van der Waals surface area (Å²) < 4.78 is 10.9. The number of carbonyl (C=O) groups excluding carboxylic acids is 1. The summed E-state index contributed by atoms with van der Waals surface area (Å²) in [4.78, 5) is 23.5. The molecule has 6 heteroatoms. The zero-order valence-electron chi connectivity index (χ0n) is 16.9. The van der Waals surface area contributed by atoms with Gasteiger partial charge in [-0.05, 0) is 51.2 Å². The van der Waals surface area contributed by atoms with Crippen molar-refractivity contribution in [2.24, 2.45) is 11.8 Å². The smallest absolute Gasteiger partial charge is 0.306 e. The second-order valence-corrected chi connectivity index (χ2v) is 8.45. The van der Waals surface area contributed by atoms with Crippen LogP contribution in [-0.2, 0) is 9.53 Å². The van der Waals surface area contributed by atoms with E-state index in [2.05, 4.69) is 21.8 Å². The quantitative estimate of drug-likeness (QED) is 0.761. The minimum absolute atomic E-state index is 0.124. The summed E-state index contributed by atoms with van der Waals surface area (Å²) in [5, 5.41) is 1.02. The van der Waals surface area contributed by atoms with Gasteiger partial charge in [-0.2, -0.15) is 0 Å². The number of methoxy groups -OCH3 is 1. The van der Waals surface area contributed by atoms with Gasteiger partial charge in [-0.15, -0.1) is 0 Å². The van der Waals surface area contributed by atoms with Gasteiger partial charge in [0.05, 0.1) is 25.4 Å². The van der Waals surface area contributed by atoms with E-state index in [0.29, 0.717) is 18.2 Å². The second-order valence-electron chi connectivity index (χ2n) is 8.45. The van der Waals surface area contributed by atoms with E-state index in [1.807, 2.05) is 39.1 Å². The lowest BCUT2D eigenvalue weighted by molar-refractivity contribution is -0.156. The maximum Gasteiger partial charge on any atom is 0.306 e. The molecule has 3 heterocycles. The number of hydrogen-bond acceptors (Lipinski definition) is 6. The Kier molecular flexibility index (Phi) is 5.53. The van der Waals surface area contributed by atoms with E-state index >= 15 is 0 Å². The standard InChI is InChI=1S/C21H29N3O3/c1-14-9-15(10-18(25)27-21(2,3)4)13-24(12-14)17-11-23-20(26-5)19-16(17)7-6-8-22-19/h6-8,11,14-15H,9-10,12-13H2,1-5H3/t14-,15-/m0/s1. The Labute approximate surface area is 160 Å². The number of ether oxygens (including phenoxy) is 2. The van der Waals surface area contributed by atoms with Crippen LogP contribution >= 0.6 is 0 Å². The Morgan fingerprint density at radius 1 is 1.30 bits per heavy atom. The molecule has 3 rings (SSSR count). The third-order valence-corrected chi connectivity index (χ3v) is 4.75. The number of fused-ring (bicyclic) bond motifs is 1. The zero-order chi connectivity index (χ0) is 19.6. The van der Waals surface area contributed by atoms with Crippen molar-refractivity contribution in [3.05, 3.63) is 24.5 Å². The molecule has 146 valence electrons. The van der Waals surface area contributed by atoms with Gasteiger partial charge in [0.25, 0.3) is 0 Å². The Hall–Kier alpha value is -2.37. The minimum atomic E-state index is -0.446. The van der Waals surface area contributed by atoms with Crippen molar-refractivity contribution in [3.63, 3.8) is 0 Å². The van der Waals surface area contributed by atoms with Crippen LogP contribution in [0.5, 0.6) is 5.88 Å². The molecule has 0 aliphatic carbocycles. The number of rotatable bonds is 4. The van der Waals surface area contributed by atoms with Crippen molar-refractivity contribution >= 4 is 22.6 Å². The molecular weight excluding hydrogens is 342 g/mol. The Morgan fingerprint density at radius 3 is 2.78 bits per heavy atom. The molecular formula is C21H29N3O3. The van der Waals surface area contributed by atoms with Crippen molar-refractivity contribution in [2.75, 3.05) is 25.1 Å². The summed E-state index contributed by atoms with van der Waals surface area (Å²) in [5.41, 5.74) is 1.36. The van der Waals surface area contributed by atoms with E-state index in [1.54, 1.807) is 13.3 Å². The monoisotopic (exact) mass is 371 g/mol. The summed E-state index contributed by atoms with van der Waals surface area (Å²) in [6, 6.07) is 3.97. The van der Waals surface area contributed by atoms with Gasteiger partial charge < -0.3 is 14.4 Å².